The summed E-state index contributed by atoms with van der Waals surface area (Å²) < 4.78 is 0. The molecule has 2 atom stereocenters. The fourth-order valence-electron chi connectivity index (χ4n) is 3.38. The summed E-state index contributed by atoms with van der Waals surface area (Å²) >= 11 is 0. The molecule has 1 aromatic carbocycles. The Bertz CT molecular complexity index is 379. The van der Waals surface area contributed by atoms with Crippen LogP contribution in [0.3, 0.4) is 0 Å². The van der Waals surface area contributed by atoms with E-state index in [1.54, 1.807) is 0 Å². The lowest BCUT2D eigenvalue weighted by molar-refractivity contribution is 0.134. The summed E-state index contributed by atoms with van der Waals surface area (Å²) in [6, 6.07) is 8.92. The van der Waals surface area contributed by atoms with Crippen molar-refractivity contribution in [1.82, 2.24) is 10.2 Å². The first-order valence-corrected chi connectivity index (χ1v) is 7.62. The van der Waals surface area contributed by atoms with Crippen LogP contribution < -0.4 is 5.32 Å². The summed E-state index contributed by atoms with van der Waals surface area (Å²) in [6.45, 7) is 9.46. The van der Waals surface area contributed by atoms with Crippen molar-refractivity contribution >= 4 is 0 Å². The molecule has 0 saturated carbocycles. The van der Waals surface area contributed by atoms with Crippen LogP contribution in [0.5, 0.6) is 0 Å². The Hall–Kier alpha value is -0.860. The summed E-state index contributed by atoms with van der Waals surface area (Å²) in [6.07, 6.45) is 2.52. The van der Waals surface area contributed by atoms with Crippen molar-refractivity contribution in [3.8, 4) is 0 Å². The quantitative estimate of drug-likeness (QED) is 0.875. The number of hydrogen-bond acceptors (Lipinski definition) is 2. The van der Waals surface area contributed by atoms with Crippen LogP contribution in [0.1, 0.15) is 31.4 Å². The van der Waals surface area contributed by atoms with Gasteiger partial charge in [-0.05, 0) is 49.4 Å². The van der Waals surface area contributed by atoms with E-state index in [1.165, 1.54) is 30.6 Å². The van der Waals surface area contributed by atoms with Gasteiger partial charge < -0.3 is 5.32 Å². The zero-order chi connectivity index (χ0) is 13.7. The SMILES string of the molecule is CNCCc1ccccc1CN1CC(C)CC(C)C1. The van der Waals surface area contributed by atoms with E-state index in [9.17, 15) is 0 Å². The number of benzene rings is 1. The maximum atomic E-state index is 3.25. The topological polar surface area (TPSA) is 15.3 Å². The van der Waals surface area contributed by atoms with Crippen LogP contribution in [0.25, 0.3) is 0 Å². The molecule has 0 amide bonds. The van der Waals surface area contributed by atoms with Gasteiger partial charge in [0.2, 0.25) is 0 Å². The number of likely N-dealkylation sites (tertiary alicyclic amines) is 1. The van der Waals surface area contributed by atoms with Crippen molar-refractivity contribution in [3.05, 3.63) is 35.4 Å². The molecule has 1 aliphatic heterocycles. The summed E-state index contributed by atoms with van der Waals surface area (Å²) in [4.78, 5) is 2.64. The van der Waals surface area contributed by atoms with Crippen molar-refractivity contribution in [3.63, 3.8) is 0 Å². The molecule has 1 fully saturated rings. The Labute approximate surface area is 118 Å². The summed E-state index contributed by atoms with van der Waals surface area (Å²) in [5.74, 6) is 1.68. The van der Waals surface area contributed by atoms with Crippen LogP contribution in [0.15, 0.2) is 24.3 Å². The van der Waals surface area contributed by atoms with Gasteiger partial charge in [-0.25, -0.2) is 0 Å². The smallest absolute Gasteiger partial charge is 0.0236 e. The Kier molecular flexibility index (Phi) is 5.41. The molecular weight excluding hydrogens is 232 g/mol. The third kappa shape index (κ3) is 4.32. The first kappa shape index (κ1) is 14.5. The van der Waals surface area contributed by atoms with Gasteiger partial charge in [0.15, 0.2) is 0 Å². The van der Waals surface area contributed by atoms with Crippen LogP contribution in [-0.4, -0.2) is 31.6 Å². The molecule has 1 saturated heterocycles. The van der Waals surface area contributed by atoms with Gasteiger partial charge in [0.25, 0.3) is 0 Å². The average Bonchev–Trinajstić information content (AvgIpc) is 2.36. The van der Waals surface area contributed by atoms with Crippen LogP contribution >= 0.6 is 0 Å². The number of nitrogens with one attached hydrogen (secondary N) is 1. The Morgan fingerprint density at radius 2 is 1.74 bits per heavy atom. The molecule has 1 aromatic rings. The van der Waals surface area contributed by atoms with Crippen LogP contribution in [-0.2, 0) is 13.0 Å². The second-order valence-electron chi connectivity index (χ2n) is 6.26. The molecule has 1 aliphatic rings. The highest BCUT2D eigenvalue weighted by Crippen LogP contribution is 2.23. The lowest BCUT2D eigenvalue weighted by Gasteiger charge is -2.35. The van der Waals surface area contributed by atoms with Crippen molar-refractivity contribution in [2.24, 2.45) is 11.8 Å². The van der Waals surface area contributed by atoms with E-state index in [0.717, 1.165) is 31.3 Å². The van der Waals surface area contributed by atoms with Crippen LogP contribution in [0.4, 0.5) is 0 Å². The second-order valence-corrected chi connectivity index (χ2v) is 6.26. The van der Waals surface area contributed by atoms with Crippen molar-refractivity contribution in [1.29, 1.82) is 0 Å². The molecule has 2 rings (SSSR count). The van der Waals surface area contributed by atoms with Crippen LogP contribution in [0, 0.1) is 11.8 Å². The zero-order valence-electron chi connectivity index (χ0n) is 12.7. The van der Waals surface area contributed by atoms with E-state index in [-0.39, 0.29) is 0 Å². The van der Waals surface area contributed by atoms with Gasteiger partial charge in [-0.1, -0.05) is 38.1 Å². The molecule has 2 heteroatoms. The van der Waals surface area contributed by atoms with Gasteiger partial charge in [-0.3, -0.25) is 4.90 Å². The van der Waals surface area contributed by atoms with E-state index in [0.29, 0.717) is 0 Å². The van der Waals surface area contributed by atoms with Crippen LogP contribution in [0.2, 0.25) is 0 Å². The highest BCUT2D eigenvalue weighted by molar-refractivity contribution is 5.27. The van der Waals surface area contributed by atoms with Gasteiger partial charge in [0.05, 0.1) is 0 Å². The zero-order valence-corrected chi connectivity index (χ0v) is 12.7. The third-order valence-corrected chi connectivity index (χ3v) is 4.10. The van der Waals surface area contributed by atoms with Crippen molar-refractivity contribution in [2.75, 3.05) is 26.7 Å². The number of rotatable bonds is 5. The number of nitrogens with zero attached hydrogens (tertiary/aromatic N) is 1. The van der Waals surface area contributed by atoms with Crippen molar-refractivity contribution < 1.29 is 0 Å². The number of hydrogen-bond donors (Lipinski definition) is 1. The standard InChI is InChI=1S/C17H28N2/c1-14-10-15(2)12-19(11-14)13-17-7-5-4-6-16(17)8-9-18-3/h4-7,14-15,18H,8-13H2,1-3H3. The number of likely N-dealkylation sites (N-methyl/N-ethyl adjacent to an activating group) is 1. The minimum absolute atomic E-state index is 0.841. The molecular formula is C17H28N2. The lowest BCUT2D eigenvalue weighted by Crippen LogP contribution is -2.38. The summed E-state index contributed by atoms with van der Waals surface area (Å²) in [7, 11) is 2.02. The first-order valence-electron chi connectivity index (χ1n) is 7.62. The first-order chi connectivity index (χ1) is 9.19. The van der Waals surface area contributed by atoms with Gasteiger partial charge in [0.1, 0.15) is 0 Å². The molecule has 1 N–H and O–H groups in total. The maximum Gasteiger partial charge on any atom is 0.0236 e. The molecule has 0 bridgehead atoms. The van der Waals surface area contributed by atoms with E-state index in [2.05, 4.69) is 48.3 Å². The predicted molar refractivity (Wildman–Crippen MR) is 82.3 cm³/mol. The normalized spacial score (nSPS) is 24.6. The lowest BCUT2D eigenvalue weighted by atomic mass is 9.91. The monoisotopic (exact) mass is 260 g/mol. The van der Waals surface area contributed by atoms with Gasteiger partial charge in [-0.2, -0.15) is 0 Å². The Balaban J connectivity index is 2.01. The highest BCUT2D eigenvalue weighted by Gasteiger charge is 2.22. The molecule has 0 radical (unpaired) electrons. The number of piperidine rings is 1. The van der Waals surface area contributed by atoms with E-state index >= 15 is 0 Å². The minimum atomic E-state index is 0.841. The molecule has 1 heterocycles. The largest absolute Gasteiger partial charge is 0.319 e. The average molecular weight is 260 g/mol. The highest BCUT2D eigenvalue weighted by atomic mass is 15.1. The maximum absolute atomic E-state index is 3.25. The van der Waals surface area contributed by atoms with Crippen molar-refractivity contribution in [2.45, 2.75) is 33.2 Å². The van der Waals surface area contributed by atoms with E-state index < -0.39 is 0 Å². The van der Waals surface area contributed by atoms with E-state index in [1.807, 2.05) is 7.05 Å². The molecule has 0 aliphatic carbocycles. The second kappa shape index (κ2) is 7.06. The van der Waals surface area contributed by atoms with Gasteiger partial charge >= 0.3 is 0 Å². The summed E-state index contributed by atoms with van der Waals surface area (Å²) in [5, 5.41) is 3.25. The molecule has 2 unspecified atom stereocenters. The molecule has 0 aromatic heterocycles. The fourth-order valence-corrected chi connectivity index (χ4v) is 3.38. The molecule has 0 spiro atoms. The molecule has 106 valence electrons. The van der Waals surface area contributed by atoms with Gasteiger partial charge in [-0.15, -0.1) is 0 Å². The fraction of sp³-hybridized carbons (Fsp3) is 0.647. The van der Waals surface area contributed by atoms with E-state index in [4.69, 9.17) is 0 Å². The minimum Gasteiger partial charge on any atom is -0.319 e. The van der Waals surface area contributed by atoms with Gasteiger partial charge in [0, 0.05) is 19.6 Å². The Morgan fingerprint density at radius 1 is 1.11 bits per heavy atom. The molecule has 2 nitrogen and oxygen atoms in total. The third-order valence-electron chi connectivity index (χ3n) is 4.10. The Morgan fingerprint density at radius 3 is 2.37 bits per heavy atom. The molecule has 19 heavy (non-hydrogen) atoms. The predicted octanol–water partition coefficient (Wildman–Crippen LogP) is 2.93. The summed E-state index contributed by atoms with van der Waals surface area (Å²) in [5.41, 5.74) is 3.02.